The van der Waals surface area contributed by atoms with Gasteiger partial charge in [0.15, 0.2) is 0 Å². The molecule has 0 aliphatic carbocycles. The van der Waals surface area contributed by atoms with Crippen LogP contribution in [0, 0.1) is 6.92 Å². The minimum atomic E-state index is 0.746. The predicted molar refractivity (Wildman–Crippen MR) is 122 cm³/mol. The van der Waals surface area contributed by atoms with Gasteiger partial charge in [-0.25, -0.2) is 15.0 Å². The van der Waals surface area contributed by atoms with Crippen molar-refractivity contribution in [2.24, 2.45) is 0 Å². The van der Waals surface area contributed by atoms with E-state index in [4.69, 9.17) is 11.6 Å². The van der Waals surface area contributed by atoms with Crippen LogP contribution < -0.4 is 5.32 Å². The average Bonchev–Trinajstić information content (AvgIpc) is 2.89. The van der Waals surface area contributed by atoms with Crippen LogP contribution in [-0.4, -0.2) is 19.9 Å². The van der Waals surface area contributed by atoms with E-state index in [1.807, 2.05) is 49.5 Å². The van der Waals surface area contributed by atoms with Crippen LogP contribution in [0.2, 0.25) is 5.02 Å². The molecule has 0 saturated carbocycles. The molecule has 30 heavy (non-hydrogen) atoms. The lowest BCUT2D eigenvalue weighted by Crippen LogP contribution is -1.95. The molecule has 5 rings (SSSR count). The molecule has 0 unspecified atom stereocenters. The number of fused-ring (bicyclic) bond motifs is 5. The molecule has 1 aliphatic rings. The molecular formula is C24H22ClN5. The summed E-state index contributed by atoms with van der Waals surface area (Å²) in [7, 11) is 0. The molecule has 0 fully saturated rings. The van der Waals surface area contributed by atoms with Gasteiger partial charge < -0.3 is 5.32 Å². The van der Waals surface area contributed by atoms with Crippen LogP contribution in [0.4, 0.5) is 11.5 Å². The van der Waals surface area contributed by atoms with E-state index in [-0.39, 0.29) is 0 Å². The van der Waals surface area contributed by atoms with Gasteiger partial charge >= 0.3 is 0 Å². The third-order valence-electron chi connectivity index (χ3n) is 4.76. The van der Waals surface area contributed by atoms with Crippen molar-refractivity contribution in [1.82, 2.24) is 19.9 Å². The number of nitrogens with zero attached hydrogens (tertiary/aromatic N) is 4. The van der Waals surface area contributed by atoms with E-state index in [0.29, 0.717) is 0 Å². The number of pyridine rings is 2. The van der Waals surface area contributed by atoms with Gasteiger partial charge in [0.2, 0.25) is 0 Å². The highest BCUT2D eigenvalue weighted by Gasteiger charge is 2.21. The van der Waals surface area contributed by atoms with Crippen molar-refractivity contribution in [3.8, 4) is 22.4 Å². The second-order valence-corrected chi connectivity index (χ2v) is 7.44. The number of benzene rings is 1. The molecule has 3 aromatic heterocycles. The van der Waals surface area contributed by atoms with E-state index in [2.05, 4.69) is 38.2 Å². The van der Waals surface area contributed by atoms with Crippen LogP contribution in [0.25, 0.3) is 22.4 Å². The lowest BCUT2D eigenvalue weighted by Gasteiger charge is -2.07. The molecule has 0 amide bonds. The van der Waals surface area contributed by atoms with Gasteiger partial charge in [-0.1, -0.05) is 37.1 Å². The monoisotopic (exact) mass is 415 g/mol. The van der Waals surface area contributed by atoms with Crippen LogP contribution in [0.1, 0.15) is 24.7 Å². The SMILES string of the molecule is CCCc1cccc(Cl)c1.Cc1ncc2c(n1)-c1cccnc1Nc1cnccc1-2. The third kappa shape index (κ3) is 4.31. The van der Waals surface area contributed by atoms with Gasteiger partial charge in [-0.2, -0.15) is 0 Å². The summed E-state index contributed by atoms with van der Waals surface area (Å²) in [6, 6.07) is 13.9. The van der Waals surface area contributed by atoms with Crippen molar-refractivity contribution in [2.75, 3.05) is 5.32 Å². The fourth-order valence-electron chi connectivity index (χ4n) is 3.41. The van der Waals surface area contributed by atoms with Crippen molar-refractivity contribution in [1.29, 1.82) is 0 Å². The lowest BCUT2D eigenvalue weighted by atomic mass is 10.0. The van der Waals surface area contributed by atoms with Gasteiger partial charge in [-0.05, 0) is 49.2 Å². The van der Waals surface area contributed by atoms with Crippen LogP contribution in [-0.2, 0) is 6.42 Å². The summed E-state index contributed by atoms with van der Waals surface area (Å²) in [6.07, 6.45) is 9.50. The van der Waals surface area contributed by atoms with Crippen molar-refractivity contribution in [3.05, 3.63) is 83.7 Å². The molecule has 6 heteroatoms. The summed E-state index contributed by atoms with van der Waals surface area (Å²) in [6.45, 7) is 4.06. The van der Waals surface area contributed by atoms with Gasteiger partial charge in [0, 0.05) is 40.3 Å². The summed E-state index contributed by atoms with van der Waals surface area (Å²) < 4.78 is 0. The Balaban J connectivity index is 0.000000185. The van der Waals surface area contributed by atoms with Crippen molar-refractivity contribution < 1.29 is 0 Å². The zero-order valence-electron chi connectivity index (χ0n) is 16.9. The zero-order chi connectivity index (χ0) is 20.9. The Morgan fingerprint density at radius 3 is 2.67 bits per heavy atom. The quantitative estimate of drug-likeness (QED) is 0.368. The first-order valence-corrected chi connectivity index (χ1v) is 10.3. The van der Waals surface area contributed by atoms with E-state index in [9.17, 15) is 0 Å². The van der Waals surface area contributed by atoms with Crippen LogP contribution in [0.5, 0.6) is 0 Å². The maximum atomic E-state index is 5.78. The molecule has 0 spiro atoms. The molecule has 1 N–H and O–H groups in total. The van der Waals surface area contributed by atoms with Gasteiger partial charge in [-0.3, -0.25) is 4.98 Å². The molecular weight excluding hydrogens is 394 g/mol. The number of hydrogen-bond donors (Lipinski definition) is 1. The Morgan fingerprint density at radius 1 is 0.933 bits per heavy atom. The standard InChI is InChI=1S/C15H11N5.C9H11Cl/c1-9-18-7-12-10-4-6-16-8-13(10)20-15-11(14(12)19-9)3-2-5-17-15;1-2-4-8-5-3-6-9(10)7-8/h2-8H,1H3,(H,17,20);3,5-7H,2,4H2,1H3. The van der Waals surface area contributed by atoms with Crippen LogP contribution >= 0.6 is 11.6 Å². The number of aromatic nitrogens is 4. The molecule has 4 heterocycles. The van der Waals surface area contributed by atoms with Crippen molar-refractivity contribution in [2.45, 2.75) is 26.7 Å². The molecule has 5 nitrogen and oxygen atoms in total. The second kappa shape index (κ2) is 9.01. The topological polar surface area (TPSA) is 63.6 Å². The predicted octanol–water partition coefficient (Wildman–Crippen LogP) is 6.26. The molecule has 1 aromatic carbocycles. The first-order valence-electron chi connectivity index (χ1n) is 9.90. The number of anilines is 2. The summed E-state index contributed by atoms with van der Waals surface area (Å²) in [5.41, 5.74) is 6.15. The number of nitrogens with one attached hydrogen (secondary N) is 1. The number of halogens is 1. The Labute approximate surface area is 181 Å². The summed E-state index contributed by atoms with van der Waals surface area (Å²) >= 11 is 5.78. The minimum Gasteiger partial charge on any atom is -0.338 e. The van der Waals surface area contributed by atoms with E-state index in [1.54, 1.807) is 18.6 Å². The second-order valence-electron chi connectivity index (χ2n) is 7.01. The molecule has 0 atom stereocenters. The van der Waals surface area contributed by atoms with E-state index >= 15 is 0 Å². The van der Waals surface area contributed by atoms with Crippen LogP contribution in [0.3, 0.4) is 0 Å². The highest BCUT2D eigenvalue weighted by molar-refractivity contribution is 6.30. The zero-order valence-corrected chi connectivity index (χ0v) is 17.7. The van der Waals surface area contributed by atoms with Crippen molar-refractivity contribution >= 4 is 23.1 Å². The molecule has 0 radical (unpaired) electrons. The summed E-state index contributed by atoms with van der Waals surface area (Å²) in [5, 5.41) is 4.17. The number of rotatable bonds is 2. The van der Waals surface area contributed by atoms with Gasteiger partial charge in [0.1, 0.15) is 11.6 Å². The Morgan fingerprint density at radius 2 is 1.83 bits per heavy atom. The van der Waals surface area contributed by atoms with Crippen LogP contribution in [0.15, 0.2) is 67.3 Å². The first kappa shape index (κ1) is 20.0. The number of hydrogen-bond acceptors (Lipinski definition) is 5. The third-order valence-corrected chi connectivity index (χ3v) is 5.00. The van der Waals surface area contributed by atoms with Crippen molar-refractivity contribution in [3.63, 3.8) is 0 Å². The summed E-state index contributed by atoms with van der Waals surface area (Å²) in [4.78, 5) is 17.5. The van der Waals surface area contributed by atoms with Gasteiger partial charge in [0.05, 0.1) is 17.6 Å². The molecule has 150 valence electrons. The number of aryl methyl sites for hydroxylation is 2. The Kier molecular flexibility index (Phi) is 6.00. The Bertz CT molecular complexity index is 1180. The van der Waals surface area contributed by atoms with E-state index in [0.717, 1.165) is 51.2 Å². The normalized spacial score (nSPS) is 11.0. The largest absolute Gasteiger partial charge is 0.338 e. The maximum Gasteiger partial charge on any atom is 0.139 e. The average molecular weight is 416 g/mol. The maximum absolute atomic E-state index is 5.78. The van der Waals surface area contributed by atoms with E-state index < -0.39 is 0 Å². The molecule has 0 bridgehead atoms. The molecule has 1 aliphatic heterocycles. The highest BCUT2D eigenvalue weighted by atomic mass is 35.5. The fraction of sp³-hybridized carbons (Fsp3) is 0.167. The first-order chi connectivity index (χ1) is 14.7. The molecule has 4 aromatic rings. The smallest absolute Gasteiger partial charge is 0.139 e. The Hall–Kier alpha value is -3.31. The summed E-state index contributed by atoms with van der Waals surface area (Å²) in [5.74, 6) is 1.54. The lowest BCUT2D eigenvalue weighted by molar-refractivity contribution is 0.922. The minimum absolute atomic E-state index is 0.746. The highest BCUT2D eigenvalue weighted by Crippen LogP contribution is 2.41. The molecule has 0 saturated heterocycles. The fourth-order valence-corrected chi connectivity index (χ4v) is 3.62. The van der Waals surface area contributed by atoms with Gasteiger partial charge in [-0.15, -0.1) is 0 Å². The van der Waals surface area contributed by atoms with E-state index in [1.165, 1.54) is 12.0 Å². The van der Waals surface area contributed by atoms with Gasteiger partial charge in [0.25, 0.3) is 0 Å².